The van der Waals surface area contributed by atoms with Gasteiger partial charge in [-0.05, 0) is 61.4 Å². The van der Waals surface area contributed by atoms with Gasteiger partial charge in [0.05, 0.1) is 10.5 Å². The predicted octanol–water partition coefficient (Wildman–Crippen LogP) is 4.38. The lowest BCUT2D eigenvalue weighted by atomic mass is 9.96. The third kappa shape index (κ3) is 5.35. The van der Waals surface area contributed by atoms with Crippen molar-refractivity contribution in [3.05, 3.63) is 62.0 Å². The molecule has 0 bridgehead atoms. The Morgan fingerprint density at radius 1 is 1.32 bits per heavy atom. The van der Waals surface area contributed by atoms with Crippen molar-refractivity contribution in [3.8, 4) is 6.07 Å². The highest BCUT2D eigenvalue weighted by atomic mass is 32.1. The first-order chi connectivity index (χ1) is 14.9. The van der Waals surface area contributed by atoms with Crippen LogP contribution in [0.25, 0.3) is 6.08 Å². The van der Waals surface area contributed by atoms with E-state index in [1.165, 1.54) is 47.8 Å². The van der Waals surface area contributed by atoms with E-state index < -0.39 is 22.9 Å². The summed E-state index contributed by atoms with van der Waals surface area (Å²) >= 11 is 1.42. The van der Waals surface area contributed by atoms with Gasteiger partial charge in [-0.15, -0.1) is 11.3 Å². The fraction of sp³-hybridized carbons (Fsp3) is 0.318. The number of nitriles is 1. The molecule has 0 spiro atoms. The minimum atomic E-state index is -1.00. The van der Waals surface area contributed by atoms with Crippen molar-refractivity contribution < 1.29 is 19.2 Å². The minimum Gasteiger partial charge on any atom is -0.449 e. The average molecular weight is 439 g/mol. The first kappa shape index (κ1) is 22.2. The summed E-state index contributed by atoms with van der Waals surface area (Å²) in [6.45, 7) is 1.72. The number of benzene rings is 1. The maximum absolute atomic E-state index is 12.7. The quantitative estimate of drug-likeness (QED) is 0.296. The van der Waals surface area contributed by atoms with Crippen molar-refractivity contribution in [2.45, 2.75) is 45.1 Å². The molecule has 1 aromatic carbocycles. The van der Waals surface area contributed by atoms with Crippen molar-refractivity contribution >= 4 is 40.0 Å². The lowest BCUT2D eigenvalue weighted by Crippen LogP contribution is -2.31. The smallest absolute Gasteiger partial charge is 0.331 e. The van der Waals surface area contributed by atoms with Crippen LogP contribution in [0.1, 0.15) is 47.8 Å². The summed E-state index contributed by atoms with van der Waals surface area (Å²) in [5, 5.41) is 23.5. The van der Waals surface area contributed by atoms with E-state index in [2.05, 4.69) is 11.4 Å². The number of nitro benzene ring substituents is 1. The van der Waals surface area contributed by atoms with Crippen LogP contribution in [0.15, 0.2) is 30.3 Å². The number of aryl methyl sites for hydroxylation is 1. The van der Waals surface area contributed by atoms with Crippen molar-refractivity contribution in [2.75, 3.05) is 5.32 Å². The fourth-order valence-corrected chi connectivity index (χ4v) is 4.58. The monoisotopic (exact) mass is 439 g/mol. The Kier molecular flexibility index (Phi) is 7.15. The van der Waals surface area contributed by atoms with Gasteiger partial charge in [-0.25, -0.2) is 4.79 Å². The average Bonchev–Trinajstić information content (AvgIpc) is 3.12. The van der Waals surface area contributed by atoms with Crippen LogP contribution in [0.4, 0.5) is 10.7 Å². The van der Waals surface area contributed by atoms with Gasteiger partial charge < -0.3 is 10.1 Å². The molecular formula is C22H21N3O5S. The zero-order valence-electron chi connectivity index (χ0n) is 16.9. The standard InChI is InChI=1S/C22H21N3O5S/c1-2-18(30-20(26)12-9-14-7-10-15(11-8-14)25(28)29)21(27)24-22-17(13-23)16-5-3-4-6-19(16)31-22/h7-12,18H,2-6H2,1H3,(H,24,27)/b12-9+. The molecule has 1 aliphatic carbocycles. The summed E-state index contributed by atoms with van der Waals surface area (Å²) < 4.78 is 5.27. The molecule has 1 aliphatic rings. The van der Waals surface area contributed by atoms with Crippen LogP contribution in [0.3, 0.4) is 0 Å². The first-order valence-electron chi connectivity index (χ1n) is 9.91. The largest absolute Gasteiger partial charge is 0.449 e. The summed E-state index contributed by atoms with van der Waals surface area (Å²) in [5.41, 5.74) is 2.06. The zero-order valence-corrected chi connectivity index (χ0v) is 17.7. The Hall–Kier alpha value is -3.51. The minimum absolute atomic E-state index is 0.0468. The lowest BCUT2D eigenvalue weighted by molar-refractivity contribution is -0.384. The molecular weight excluding hydrogens is 418 g/mol. The number of rotatable bonds is 7. The Morgan fingerprint density at radius 3 is 2.68 bits per heavy atom. The SMILES string of the molecule is CCC(OC(=O)/C=C/c1ccc([N+](=O)[O-])cc1)C(=O)Nc1sc2c(c1C#N)CCCC2. The van der Waals surface area contributed by atoms with E-state index in [4.69, 9.17) is 4.74 Å². The van der Waals surface area contributed by atoms with E-state index in [0.29, 0.717) is 16.1 Å². The first-order valence-corrected chi connectivity index (χ1v) is 10.7. The lowest BCUT2D eigenvalue weighted by Gasteiger charge is -2.14. The van der Waals surface area contributed by atoms with E-state index in [1.54, 1.807) is 6.92 Å². The number of non-ortho nitro benzene ring substituents is 1. The number of carbonyl (C=O) groups is 2. The number of carbonyl (C=O) groups excluding carboxylic acids is 2. The molecule has 1 N–H and O–H groups in total. The number of thiophene rings is 1. The molecule has 2 aromatic rings. The number of nitro groups is 1. The van der Waals surface area contributed by atoms with Crippen LogP contribution in [0.5, 0.6) is 0 Å². The van der Waals surface area contributed by atoms with Crippen molar-refractivity contribution in [1.82, 2.24) is 0 Å². The Balaban J connectivity index is 1.63. The van der Waals surface area contributed by atoms with Crippen LogP contribution in [0.2, 0.25) is 0 Å². The molecule has 1 heterocycles. The van der Waals surface area contributed by atoms with Crippen LogP contribution in [-0.2, 0) is 27.2 Å². The highest BCUT2D eigenvalue weighted by Gasteiger charge is 2.25. The van der Waals surface area contributed by atoms with E-state index in [9.17, 15) is 25.0 Å². The predicted molar refractivity (Wildman–Crippen MR) is 117 cm³/mol. The summed E-state index contributed by atoms with van der Waals surface area (Å²) in [7, 11) is 0. The summed E-state index contributed by atoms with van der Waals surface area (Å²) in [6.07, 6.45) is 5.74. The van der Waals surface area contributed by atoms with Gasteiger partial charge in [-0.2, -0.15) is 5.26 Å². The van der Waals surface area contributed by atoms with Gasteiger partial charge in [-0.3, -0.25) is 14.9 Å². The number of hydrogen-bond donors (Lipinski definition) is 1. The molecule has 8 nitrogen and oxygen atoms in total. The van der Waals surface area contributed by atoms with Crippen LogP contribution in [-0.4, -0.2) is 22.9 Å². The molecule has 1 amide bonds. The number of nitrogens with one attached hydrogen (secondary N) is 1. The van der Waals surface area contributed by atoms with Gasteiger partial charge in [0.1, 0.15) is 11.1 Å². The number of fused-ring (bicyclic) bond motifs is 1. The highest BCUT2D eigenvalue weighted by Crippen LogP contribution is 2.37. The number of anilines is 1. The molecule has 31 heavy (non-hydrogen) atoms. The molecule has 0 saturated carbocycles. The Bertz CT molecular complexity index is 1070. The van der Waals surface area contributed by atoms with Crippen LogP contribution in [0, 0.1) is 21.4 Å². The van der Waals surface area contributed by atoms with Crippen molar-refractivity contribution in [3.63, 3.8) is 0 Å². The second-order valence-electron chi connectivity index (χ2n) is 7.03. The second kappa shape index (κ2) is 10.00. The molecule has 0 saturated heterocycles. The van der Waals surface area contributed by atoms with E-state index in [-0.39, 0.29) is 12.1 Å². The molecule has 9 heteroatoms. The second-order valence-corrected chi connectivity index (χ2v) is 8.14. The molecule has 160 valence electrons. The normalized spacial score (nSPS) is 13.8. The van der Waals surface area contributed by atoms with Crippen LogP contribution >= 0.6 is 11.3 Å². The third-order valence-electron chi connectivity index (χ3n) is 4.96. The van der Waals surface area contributed by atoms with Crippen molar-refractivity contribution in [1.29, 1.82) is 5.26 Å². The highest BCUT2D eigenvalue weighted by molar-refractivity contribution is 7.16. The molecule has 1 aromatic heterocycles. The summed E-state index contributed by atoms with van der Waals surface area (Å²) in [4.78, 5) is 36.1. The van der Waals surface area contributed by atoms with Gasteiger partial charge in [0, 0.05) is 23.1 Å². The molecule has 0 aliphatic heterocycles. The number of esters is 1. The molecule has 1 atom stereocenters. The summed E-state index contributed by atoms with van der Waals surface area (Å²) in [6, 6.07) is 7.87. The van der Waals surface area contributed by atoms with Gasteiger partial charge in [0.25, 0.3) is 11.6 Å². The van der Waals surface area contributed by atoms with Crippen LogP contribution < -0.4 is 5.32 Å². The molecule has 0 fully saturated rings. The van der Waals surface area contributed by atoms with Gasteiger partial charge >= 0.3 is 5.97 Å². The Labute approximate surface area is 183 Å². The van der Waals surface area contributed by atoms with Gasteiger partial charge in [-0.1, -0.05) is 6.92 Å². The van der Waals surface area contributed by atoms with E-state index in [0.717, 1.165) is 36.1 Å². The third-order valence-corrected chi connectivity index (χ3v) is 6.16. The number of hydrogen-bond acceptors (Lipinski definition) is 7. The fourth-order valence-electron chi connectivity index (χ4n) is 3.34. The summed E-state index contributed by atoms with van der Waals surface area (Å²) in [5.74, 6) is -1.18. The maximum Gasteiger partial charge on any atom is 0.331 e. The van der Waals surface area contributed by atoms with Crippen molar-refractivity contribution in [2.24, 2.45) is 0 Å². The Morgan fingerprint density at radius 2 is 2.03 bits per heavy atom. The number of amides is 1. The number of ether oxygens (including phenoxy) is 1. The van der Waals surface area contributed by atoms with E-state index >= 15 is 0 Å². The molecule has 3 rings (SSSR count). The maximum atomic E-state index is 12.7. The van der Waals surface area contributed by atoms with E-state index in [1.807, 2.05) is 0 Å². The topological polar surface area (TPSA) is 122 Å². The molecule has 0 radical (unpaired) electrons. The number of nitrogens with zero attached hydrogens (tertiary/aromatic N) is 2. The van der Waals surface area contributed by atoms with Gasteiger partial charge in [0.2, 0.25) is 0 Å². The zero-order chi connectivity index (χ0) is 22.4. The molecule has 1 unspecified atom stereocenters. The van der Waals surface area contributed by atoms with Gasteiger partial charge in [0.15, 0.2) is 6.10 Å².